The molecule has 0 atom stereocenters. The molecule has 1 aliphatic carbocycles. The molecule has 1 aliphatic rings. The predicted octanol–water partition coefficient (Wildman–Crippen LogP) is 3.20. The summed E-state index contributed by atoms with van der Waals surface area (Å²) in [6.07, 6.45) is 3.42. The smallest absolute Gasteiger partial charge is 0.0410 e. The molecule has 0 unspecified atom stereocenters. The Balaban J connectivity index is 2.20. The SMILES string of the molecule is N=C(CC1CC1)c1cc(Br)ccc1N. The van der Waals surface area contributed by atoms with Gasteiger partial charge in [-0.1, -0.05) is 15.9 Å². The van der Waals surface area contributed by atoms with Gasteiger partial charge in [0.25, 0.3) is 0 Å². The lowest BCUT2D eigenvalue weighted by Gasteiger charge is -2.07. The van der Waals surface area contributed by atoms with Crippen LogP contribution < -0.4 is 5.73 Å². The van der Waals surface area contributed by atoms with E-state index in [4.69, 9.17) is 11.1 Å². The van der Waals surface area contributed by atoms with Gasteiger partial charge in [-0.05, 0) is 43.4 Å². The van der Waals surface area contributed by atoms with E-state index < -0.39 is 0 Å². The monoisotopic (exact) mass is 252 g/mol. The Kier molecular flexibility index (Phi) is 2.59. The summed E-state index contributed by atoms with van der Waals surface area (Å²) >= 11 is 3.39. The summed E-state index contributed by atoms with van der Waals surface area (Å²) in [6.45, 7) is 0. The number of nitrogens with one attached hydrogen (secondary N) is 1. The molecule has 74 valence electrons. The molecule has 2 rings (SSSR count). The first-order chi connectivity index (χ1) is 6.66. The highest BCUT2D eigenvalue weighted by Crippen LogP contribution is 2.34. The standard InChI is InChI=1S/C11H13BrN2/c12-8-3-4-10(13)9(6-8)11(14)5-7-1-2-7/h3-4,6-7,14H,1-2,5,13H2. The van der Waals surface area contributed by atoms with E-state index in [0.29, 0.717) is 11.4 Å². The van der Waals surface area contributed by atoms with Crippen molar-refractivity contribution >= 4 is 27.3 Å². The number of nitrogen functional groups attached to an aromatic ring is 1. The normalized spacial score (nSPS) is 15.5. The minimum absolute atomic E-state index is 0.673. The van der Waals surface area contributed by atoms with Gasteiger partial charge in [0.1, 0.15) is 0 Å². The summed E-state index contributed by atoms with van der Waals surface area (Å²) in [6, 6.07) is 5.68. The van der Waals surface area contributed by atoms with Crippen molar-refractivity contribution in [2.24, 2.45) is 5.92 Å². The third-order valence-corrected chi connectivity index (χ3v) is 3.02. The van der Waals surface area contributed by atoms with Gasteiger partial charge in [0, 0.05) is 21.4 Å². The van der Waals surface area contributed by atoms with Crippen LogP contribution in [0.25, 0.3) is 0 Å². The van der Waals surface area contributed by atoms with E-state index in [1.54, 1.807) is 0 Å². The van der Waals surface area contributed by atoms with Crippen LogP contribution in [0.4, 0.5) is 5.69 Å². The van der Waals surface area contributed by atoms with Crippen LogP contribution in [0.1, 0.15) is 24.8 Å². The third-order valence-electron chi connectivity index (χ3n) is 2.53. The van der Waals surface area contributed by atoms with Gasteiger partial charge in [-0.3, -0.25) is 0 Å². The highest BCUT2D eigenvalue weighted by Gasteiger charge is 2.23. The molecular formula is C11H13BrN2. The Hall–Kier alpha value is -0.830. The maximum atomic E-state index is 7.94. The molecule has 3 heteroatoms. The van der Waals surface area contributed by atoms with Crippen LogP contribution in [0.15, 0.2) is 22.7 Å². The van der Waals surface area contributed by atoms with E-state index in [-0.39, 0.29) is 0 Å². The second-order valence-corrected chi connectivity index (χ2v) is 4.77. The highest BCUT2D eigenvalue weighted by molar-refractivity contribution is 9.10. The molecule has 1 aromatic carbocycles. The second-order valence-electron chi connectivity index (χ2n) is 3.86. The number of hydrogen-bond acceptors (Lipinski definition) is 2. The number of nitrogens with two attached hydrogens (primary N) is 1. The molecule has 0 heterocycles. The lowest BCUT2D eigenvalue weighted by atomic mass is 10.0. The summed E-state index contributed by atoms with van der Waals surface area (Å²) < 4.78 is 0.988. The van der Waals surface area contributed by atoms with Crippen molar-refractivity contribution < 1.29 is 0 Å². The average molecular weight is 253 g/mol. The van der Waals surface area contributed by atoms with E-state index in [9.17, 15) is 0 Å². The van der Waals surface area contributed by atoms with Crippen molar-refractivity contribution in [3.63, 3.8) is 0 Å². The topological polar surface area (TPSA) is 49.9 Å². The largest absolute Gasteiger partial charge is 0.398 e. The maximum absolute atomic E-state index is 7.94. The molecule has 0 bridgehead atoms. The summed E-state index contributed by atoms with van der Waals surface area (Å²) in [5.74, 6) is 0.737. The molecular weight excluding hydrogens is 240 g/mol. The lowest BCUT2D eigenvalue weighted by Crippen LogP contribution is -2.04. The molecule has 0 saturated heterocycles. The van der Waals surface area contributed by atoms with E-state index in [2.05, 4.69) is 15.9 Å². The van der Waals surface area contributed by atoms with Gasteiger partial charge >= 0.3 is 0 Å². The third kappa shape index (κ3) is 2.15. The minimum atomic E-state index is 0.673. The molecule has 0 aromatic heterocycles. The van der Waals surface area contributed by atoms with Crippen molar-refractivity contribution in [3.8, 4) is 0 Å². The molecule has 0 aliphatic heterocycles. The summed E-state index contributed by atoms with van der Waals surface area (Å²) in [5.41, 5.74) is 8.09. The zero-order valence-electron chi connectivity index (χ0n) is 7.89. The van der Waals surface area contributed by atoms with E-state index in [0.717, 1.165) is 22.4 Å². The van der Waals surface area contributed by atoms with Crippen LogP contribution in [0, 0.1) is 11.3 Å². The molecule has 14 heavy (non-hydrogen) atoms. The van der Waals surface area contributed by atoms with Crippen molar-refractivity contribution in [1.82, 2.24) is 0 Å². The van der Waals surface area contributed by atoms with Crippen LogP contribution in [-0.2, 0) is 0 Å². The fourth-order valence-corrected chi connectivity index (χ4v) is 1.87. The Labute approximate surface area is 92.1 Å². The molecule has 1 saturated carbocycles. The summed E-state index contributed by atoms with van der Waals surface area (Å²) in [5, 5.41) is 7.94. The van der Waals surface area contributed by atoms with Crippen LogP contribution in [0.5, 0.6) is 0 Å². The second kappa shape index (κ2) is 3.73. The van der Waals surface area contributed by atoms with Crippen LogP contribution in [0.2, 0.25) is 0 Å². The molecule has 0 spiro atoms. The van der Waals surface area contributed by atoms with Crippen LogP contribution in [-0.4, -0.2) is 5.71 Å². The van der Waals surface area contributed by atoms with Crippen molar-refractivity contribution in [2.45, 2.75) is 19.3 Å². The number of halogens is 1. The van der Waals surface area contributed by atoms with Gasteiger partial charge in [-0.15, -0.1) is 0 Å². The fourth-order valence-electron chi connectivity index (χ4n) is 1.51. The van der Waals surface area contributed by atoms with Crippen molar-refractivity contribution in [2.75, 3.05) is 5.73 Å². The van der Waals surface area contributed by atoms with Crippen LogP contribution >= 0.6 is 15.9 Å². The van der Waals surface area contributed by atoms with Gasteiger partial charge in [-0.25, -0.2) is 0 Å². The molecule has 2 nitrogen and oxygen atoms in total. The van der Waals surface area contributed by atoms with Gasteiger partial charge in [0.15, 0.2) is 0 Å². The van der Waals surface area contributed by atoms with E-state index >= 15 is 0 Å². The average Bonchev–Trinajstić information content (AvgIpc) is 2.93. The Bertz CT molecular complexity index is 370. The molecule has 1 fully saturated rings. The van der Waals surface area contributed by atoms with Crippen LogP contribution in [0.3, 0.4) is 0 Å². The van der Waals surface area contributed by atoms with E-state index in [1.807, 2.05) is 18.2 Å². The molecule has 0 radical (unpaired) electrons. The van der Waals surface area contributed by atoms with Gasteiger partial charge in [0.05, 0.1) is 0 Å². The molecule has 0 amide bonds. The van der Waals surface area contributed by atoms with E-state index in [1.165, 1.54) is 12.8 Å². The highest BCUT2D eigenvalue weighted by atomic mass is 79.9. The summed E-state index contributed by atoms with van der Waals surface area (Å²) in [4.78, 5) is 0. The van der Waals surface area contributed by atoms with Crippen molar-refractivity contribution in [1.29, 1.82) is 5.41 Å². The Morgan fingerprint density at radius 1 is 1.50 bits per heavy atom. The Morgan fingerprint density at radius 3 is 2.86 bits per heavy atom. The summed E-state index contributed by atoms with van der Waals surface area (Å²) in [7, 11) is 0. The number of hydrogen-bond donors (Lipinski definition) is 2. The quantitative estimate of drug-likeness (QED) is 0.630. The predicted molar refractivity (Wildman–Crippen MR) is 62.7 cm³/mol. The maximum Gasteiger partial charge on any atom is 0.0410 e. The first kappa shape index (κ1) is 9.71. The Morgan fingerprint density at radius 2 is 2.21 bits per heavy atom. The number of rotatable bonds is 3. The number of benzene rings is 1. The van der Waals surface area contributed by atoms with Gasteiger partial charge in [0.2, 0.25) is 0 Å². The van der Waals surface area contributed by atoms with Crippen molar-refractivity contribution in [3.05, 3.63) is 28.2 Å². The number of anilines is 1. The fraction of sp³-hybridized carbons (Fsp3) is 0.364. The minimum Gasteiger partial charge on any atom is -0.398 e. The lowest BCUT2D eigenvalue weighted by molar-refractivity contribution is 0.890. The molecule has 1 aromatic rings. The zero-order chi connectivity index (χ0) is 10.1. The molecule has 3 N–H and O–H groups in total. The zero-order valence-corrected chi connectivity index (χ0v) is 9.47. The van der Waals surface area contributed by atoms with Gasteiger partial charge in [-0.2, -0.15) is 0 Å². The first-order valence-electron chi connectivity index (χ1n) is 4.79. The first-order valence-corrected chi connectivity index (χ1v) is 5.59. The van der Waals surface area contributed by atoms with Gasteiger partial charge < -0.3 is 11.1 Å².